The molecule has 1 saturated carbocycles. The Hall–Kier alpha value is -1.82. The highest BCUT2D eigenvalue weighted by Gasteiger charge is 2.13. The van der Waals surface area contributed by atoms with Crippen LogP contribution in [0.4, 0.5) is 0 Å². The first-order valence-electron chi connectivity index (χ1n) is 9.36. The van der Waals surface area contributed by atoms with E-state index in [4.69, 9.17) is 40.2 Å². The smallest absolute Gasteiger partial charge is 0.187 e. The predicted molar refractivity (Wildman–Crippen MR) is 121 cm³/mol. The lowest BCUT2D eigenvalue weighted by Gasteiger charge is -2.23. The summed E-state index contributed by atoms with van der Waals surface area (Å²) in [4.78, 5) is 0. The summed E-state index contributed by atoms with van der Waals surface area (Å²) in [5.74, 6) is 0.755. The van der Waals surface area contributed by atoms with Gasteiger partial charge in [0.05, 0.1) is 6.21 Å². The van der Waals surface area contributed by atoms with E-state index >= 15 is 0 Å². The average Bonchev–Trinajstić information content (AvgIpc) is 2.69. The second kappa shape index (κ2) is 10.6. The zero-order valence-corrected chi connectivity index (χ0v) is 17.8. The minimum atomic E-state index is 0.381. The Labute approximate surface area is 181 Å². The standard InChI is InChI=1S/C21H23Cl2N3OS/c22-17-9-8-16(20(23)12-17)14-27-19-10-6-15(7-11-19)13-24-26-21(28)25-18-4-2-1-3-5-18/h6-13,18H,1-5,14H2,(H2,25,26,28)/b24-13+. The van der Waals surface area contributed by atoms with Gasteiger partial charge in [0.15, 0.2) is 5.11 Å². The van der Waals surface area contributed by atoms with Gasteiger partial charge in [-0.3, -0.25) is 5.43 Å². The highest BCUT2D eigenvalue weighted by atomic mass is 35.5. The average molecular weight is 436 g/mol. The minimum absolute atomic E-state index is 0.381. The van der Waals surface area contributed by atoms with Crippen LogP contribution in [0, 0.1) is 0 Å². The van der Waals surface area contributed by atoms with Crippen molar-refractivity contribution in [2.75, 3.05) is 0 Å². The number of nitrogens with one attached hydrogen (secondary N) is 2. The van der Waals surface area contributed by atoms with Crippen molar-refractivity contribution in [3.8, 4) is 5.75 Å². The first kappa shape index (κ1) is 20.9. The first-order valence-corrected chi connectivity index (χ1v) is 10.5. The number of hydrogen-bond acceptors (Lipinski definition) is 3. The van der Waals surface area contributed by atoms with Crippen molar-refractivity contribution in [1.29, 1.82) is 0 Å². The summed E-state index contributed by atoms with van der Waals surface area (Å²) in [6.07, 6.45) is 7.94. The highest BCUT2D eigenvalue weighted by molar-refractivity contribution is 7.80. The van der Waals surface area contributed by atoms with Crippen molar-refractivity contribution in [1.82, 2.24) is 10.7 Å². The van der Waals surface area contributed by atoms with Gasteiger partial charge in [0.2, 0.25) is 0 Å². The van der Waals surface area contributed by atoms with Gasteiger partial charge in [-0.05, 0) is 67.0 Å². The third kappa shape index (κ3) is 6.66. The molecular weight excluding hydrogens is 413 g/mol. The lowest BCUT2D eigenvalue weighted by atomic mass is 9.96. The summed E-state index contributed by atoms with van der Waals surface area (Å²) in [5, 5.41) is 9.30. The van der Waals surface area contributed by atoms with Crippen molar-refractivity contribution >= 4 is 46.7 Å². The molecule has 2 aromatic rings. The second-order valence-corrected chi connectivity index (χ2v) is 8.02. The number of benzene rings is 2. The zero-order valence-electron chi connectivity index (χ0n) is 15.5. The van der Waals surface area contributed by atoms with Crippen LogP contribution in [0.1, 0.15) is 43.2 Å². The normalized spacial score (nSPS) is 14.8. The van der Waals surface area contributed by atoms with Crippen LogP contribution in [0.3, 0.4) is 0 Å². The SMILES string of the molecule is S=C(N/N=C/c1ccc(OCc2ccc(Cl)cc2Cl)cc1)NC1CCCCC1. The Morgan fingerprint density at radius 3 is 2.57 bits per heavy atom. The van der Waals surface area contributed by atoms with Gasteiger partial charge in [-0.1, -0.05) is 48.5 Å². The van der Waals surface area contributed by atoms with Crippen LogP contribution in [0.25, 0.3) is 0 Å². The van der Waals surface area contributed by atoms with Crippen molar-refractivity contribution in [3.63, 3.8) is 0 Å². The fraction of sp³-hybridized carbons (Fsp3) is 0.333. The number of hydrogen-bond donors (Lipinski definition) is 2. The largest absolute Gasteiger partial charge is 0.489 e. The number of hydrazone groups is 1. The van der Waals surface area contributed by atoms with Crippen molar-refractivity contribution in [2.45, 2.75) is 44.8 Å². The Bertz CT molecular complexity index is 821. The molecule has 1 aliphatic rings. The molecular formula is C21H23Cl2N3OS. The molecule has 0 spiro atoms. The zero-order chi connectivity index (χ0) is 19.8. The van der Waals surface area contributed by atoms with Crippen LogP contribution in [-0.4, -0.2) is 17.4 Å². The van der Waals surface area contributed by atoms with Gasteiger partial charge < -0.3 is 10.1 Å². The summed E-state index contributed by atoms with van der Waals surface area (Å²) in [5.41, 5.74) is 4.72. The van der Waals surface area contributed by atoms with Gasteiger partial charge in [0.1, 0.15) is 12.4 Å². The van der Waals surface area contributed by atoms with E-state index in [9.17, 15) is 0 Å². The Balaban J connectivity index is 1.44. The monoisotopic (exact) mass is 435 g/mol. The third-order valence-corrected chi connectivity index (χ3v) is 5.41. The molecule has 3 rings (SSSR count). The maximum absolute atomic E-state index is 6.16. The van der Waals surface area contributed by atoms with Crippen LogP contribution in [0.2, 0.25) is 10.0 Å². The number of halogens is 2. The summed E-state index contributed by atoms with van der Waals surface area (Å²) < 4.78 is 5.78. The van der Waals surface area contributed by atoms with Gasteiger partial charge in [-0.25, -0.2) is 0 Å². The van der Waals surface area contributed by atoms with Crippen LogP contribution < -0.4 is 15.5 Å². The molecule has 4 nitrogen and oxygen atoms in total. The lowest BCUT2D eigenvalue weighted by molar-refractivity contribution is 0.306. The number of ether oxygens (including phenoxy) is 1. The van der Waals surface area contributed by atoms with Gasteiger partial charge in [0.25, 0.3) is 0 Å². The first-order chi connectivity index (χ1) is 13.6. The minimum Gasteiger partial charge on any atom is -0.489 e. The van der Waals surface area contributed by atoms with E-state index in [0.29, 0.717) is 27.8 Å². The van der Waals surface area contributed by atoms with Crippen LogP contribution in [0.5, 0.6) is 5.75 Å². The molecule has 0 saturated heterocycles. The van der Waals surface area contributed by atoms with E-state index in [0.717, 1.165) is 16.9 Å². The fourth-order valence-corrected chi connectivity index (χ4v) is 3.76. The van der Waals surface area contributed by atoms with E-state index in [1.54, 1.807) is 18.3 Å². The van der Waals surface area contributed by atoms with Gasteiger partial charge in [0, 0.05) is 21.7 Å². The molecule has 2 N–H and O–H groups in total. The predicted octanol–water partition coefficient (Wildman–Crippen LogP) is 5.70. The molecule has 148 valence electrons. The van der Waals surface area contributed by atoms with E-state index in [1.807, 2.05) is 30.3 Å². The summed E-state index contributed by atoms with van der Waals surface area (Å²) in [6.45, 7) is 0.381. The molecule has 0 unspecified atom stereocenters. The topological polar surface area (TPSA) is 45.7 Å². The summed E-state index contributed by atoms with van der Waals surface area (Å²) in [7, 11) is 0. The van der Waals surface area contributed by atoms with Crippen molar-refractivity contribution in [3.05, 3.63) is 63.6 Å². The van der Waals surface area contributed by atoms with Gasteiger partial charge >= 0.3 is 0 Å². The molecule has 1 fully saturated rings. The summed E-state index contributed by atoms with van der Waals surface area (Å²) >= 11 is 17.4. The molecule has 1 aliphatic carbocycles. The van der Waals surface area contributed by atoms with Crippen LogP contribution >= 0.6 is 35.4 Å². The molecule has 0 bridgehead atoms. The molecule has 0 radical (unpaired) electrons. The molecule has 0 aromatic heterocycles. The number of nitrogens with zero attached hydrogens (tertiary/aromatic N) is 1. The van der Waals surface area contributed by atoms with E-state index < -0.39 is 0 Å². The maximum Gasteiger partial charge on any atom is 0.187 e. The van der Waals surface area contributed by atoms with Crippen LogP contribution in [-0.2, 0) is 6.61 Å². The van der Waals surface area contributed by atoms with Crippen molar-refractivity contribution < 1.29 is 4.74 Å². The van der Waals surface area contributed by atoms with Gasteiger partial charge in [-0.2, -0.15) is 5.10 Å². The van der Waals surface area contributed by atoms with Crippen molar-refractivity contribution in [2.24, 2.45) is 5.10 Å². The Morgan fingerprint density at radius 1 is 1.11 bits per heavy atom. The number of rotatable bonds is 6. The molecule has 2 aromatic carbocycles. The quantitative estimate of drug-likeness (QED) is 0.346. The molecule has 7 heteroatoms. The molecule has 0 amide bonds. The molecule has 0 aliphatic heterocycles. The summed E-state index contributed by atoms with van der Waals surface area (Å²) in [6, 6.07) is 13.5. The van der Waals surface area contributed by atoms with Gasteiger partial charge in [-0.15, -0.1) is 0 Å². The Kier molecular flexibility index (Phi) is 7.95. The Morgan fingerprint density at radius 2 is 1.86 bits per heavy atom. The lowest BCUT2D eigenvalue weighted by Crippen LogP contribution is -2.40. The fourth-order valence-electron chi connectivity index (χ4n) is 3.08. The third-order valence-electron chi connectivity index (χ3n) is 4.61. The maximum atomic E-state index is 6.16. The highest BCUT2D eigenvalue weighted by Crippen LogP contribution is 2.23. The van der Waals surface area contributed by atoms with E-state index in [2.05, 4.69) is 15.8 Å². The second-order valence-electron chi connectivity index (χ2n) is 6.77. The van der Waals surface area contributed by atoms with Crippen LogP contribution in [0.15, 0.2) is 47.6 Å². The molecule has 0 atom stereocenters. The molecule has 0 heterocycles. The van der Waals surface area contributed by atoms with E-state index in [1.165, 1.54) is 32.1 Å². The van der Waals surface area contributed by atoms with E-state index in [-0.39, 0.29) is 0 Å². The number of thiocarbonyl (C=S) groups is 1. The molecule has 28 heavy (non-hydrogen) atoms.